The third kappa shape index (κ3) is 1.55. The Balaban J connectivity index is 1.70. The van der Waals surface area contributed by atoms with Gasteiger partial charge in [0.1, 0.15) is 6.10 Å². The highest BCUT2D eigenvalue weighted by atomic mass is 32.1. The molecule has 2 aromatic rings. The number of aromatic nitrogens is 2. The van der Waals surface area contributed by atoms with E-state index in [0.29, 0.717) is 17.0 Å². The summed E-state index contributed by atoms with van der Waals surface area (Å²) in [5.41, 5.74) is 1.01. The molecule has 2 aliphatic carbocycles. The summed E-state index contributed by atoms with van der Waals surface area (Å²) in [6.07, 6.45) is 6.46. The zero-order chi connectivity index (χ0) is 14.8. The van der Waals surface area contributed by atoms with Crippen LogP contribution in [0.2, 0.25) is 0 Å². The zero-order valence-corrected chi connectivity index (χ0v) is 13.4. The predicted molar refractivity (Wildman–Crippen MR) is 82.1 cm³/mol. The van der Waals surface area contributed by atoms with Crippen molar-refractivity contribution in [2.45, 2.75) is 46.1 Å². The molecule has 5 heteroatoms. The molecule has 0 amide bonds. The van der Waals surface area contributed by atoms with E-state index in [1.165, 1.54) is 24.2 Å². The first kappa shape index (κ1) is 13.3. The SMILES string of the molecule is CC1(C)C2CCC1(C)C(Oc1nc3sccn3c1C=O)C2. The number of nitrogens with zero attached hydrogens (tertiary/aromatic N) is 2. The minimum Gasteiger partial charge on any atom is -0.472 e. The summed E-state index contributed by atoms with van der Waals surface area (Å²) in [5.74, 6) is 1.22. The summed E-state index contributed by atoms with van der Waals surface area (Å²) >= 11 is 1.52. The van der Waals surface area contributed by atoms with Crippen LogP contribution in [0.1, 0.15) is 50.5 Å². The third-order valence-electron chi connectivity index (χ3n) is 6.34. The standard InChI is InChI=1S/C16H20N2O2S/c1-15(2)10-4-5-16(15,3)12(8-10)20-13-11(9-19)18-6-7-21-14(18)17-13/h6-7,9-10,12H,4-5,8H2,1-3H3. The molecule has 112 valence electrons. The number of carbonyl (C=O) groups excluding carboxylic acids is 1. The first-order chi connectivity index (χ1) is 9.97. The van der Waals surface area contributed by atoms with Crippen LogP contribution in [0.25, 0.3) is 4.96 Å². The number of hydrogen-bond donors (Lipinski definition) is 0. The summed E-state index contributed by atoms with van der Waals surface area (Å²) in [5, 5.41) is 1.93. The van der Waals surface area contributed by atoms with Crippen LogP contribution < -0.4 is 4.74 Å². The molecule has 4 rings (SSSR count). The summed E-state index contributed by atoms with van der Waals surface area (Å²) < 4.78 is 8.07. The maximum atomic E-state index is 11.4. The van der Waals surface area contributed by atoms with Crippen molar-refractivity contribution in [3.8, 4) is 5.88 Å². The topological polar surface area (TPSA) is 43.6 Å². The second kappa shape index (κ2) is 4.09. The molecule has 4 nitrogen and oxygen atoms in total. The van der Waals surface area contributed by atoms with Crippen molar-refractivity contribution in [2.75, 3.05) is 0 Å². The molecule has 3 unspecified atom stereocenters. The molecule has 0 spiro atoms. The van der Waals surface area contributed by atoms with E-state index in [2.05, 4.69) is 25.8 Å². The summed E-state index contributed by atoms with van der Waals surface area (Å²) in [4.78, 5) is 16.7. The van der Waals surface area contributed by atoms with E-state index in [-0.39, 0.29) is 11.5 Å². The van der Waals surface area contributed by atoms with Crippen LogP contribution in [-0.2, 0) is 0 Å². The van der Waals surface area contributed by atoms with Gasteiger partial charge in [0.2, 0.25) is 5.88 Å². The fraction of sp³-hybridized carbons (Fsp3) is 0.625. The molecule has 0 aliphatic heterocycles. The largest absolute Gasteiger partial charge is 0.472 e. The average molecular weight is 304 g/mol. The maximum Gasteiger partial charge on any atom is 0.244 e. The van der Waals surface area contributed by atoms with Gasteiger partial charge in [-0.25, -0.2) is 0 Å². The Bertz CT molecular complexity index is 717. The predicted octanol–water partition coefficient (Wildman–Crippen LogP) is 3.80. The molecule has 2 heterocycles. The van der Waals surface area contributed by atoms with Gasteiger partial charge in [-0.1, -0.05) is 20.8 Å². The highest BCUT2D eigenvalue weighted by Crippen LogP contribution is 2.66. The number of thiazole rings is 1. The molecular weight excluding hydrogens is 284 g/mol. The van der Waals surface area contributed by atoms with Crippen molar-refractivity contribution in [1.29, 1.82) is 0 Å². The summed E-state index contributed by atoms with van der Waals surface area (Å²) in [7, 11) is 0. The monoisotopic (exact) mass is 304 g/mol. The molecular formula is C16H20N2O2S. The molecule has 2 bridgehead atoms. The molecule has 0 radical (unpaired) electrons. The van der Waals surface area contributed by atoms with Crippen molar-refractivity contribution >= 4 is 22.6 Å². The quantitative estimate of drug-likeness (QED) is 0.810. The van der Waals surface area contributed by atoms with Gasteiger partial charge in [0.05, 0.1) is 0 Å². The van der Waals surface area contributed by atoms with E-state index in [4.69, 9.17) is 4.74 Å². The van der Waals surface area contributed by atoms with E-state index in [1.807, 2.05) is 16.0 Å². The van der Waals surface area contributed by atoms with Crippen LogP contribution in [0, 0.1) is 16.7 Å². The second-order valence-electron chi connectivity index (χ2n) is 7.19. The fourth-order valence-corrected chi connectivity index (χ4v) is 5.13. The molecule has 2 saturated carbocycles. The second-order valence-corrected chi connectivity index (χ2v) is 8.07. The van der Waals surface area contributed by atoms with Gasteiger partial charge < -0.3 is 4.74 Å². The van der Waals surface area contributed by atoms with Crippen LogP contribution in [0.15, 0.2) is 11.6 Å². The van der Waals surface area contributed by atoms with Gasteiger partial charge in [-0.15, -0.1) is 11.3 Å². The number of ether oxygens (including phenoxy) is 1. The van der Waals surface area contributed by atoms with E-state index >= 15 is 0 Å². The minimum atomic E-state index is 0.162. The minimum absolute atomic E-state index is 0.162. The molecule has 2 aromatic heterocycles. The molecule has 3 atom stereocenters. The molecule has 2 fully saturated rings. The van der Waals surface area contributed by atoms with E-state index in [1.54, 1.807) is 0 Å². The molecule has 21 heavy (non-hydrogen) atoms. The molecule has 0 saturated heterocycles. The highest BCUT2D eigenvalue weighted by Gasteiger charge is 2.62. The summed E-state index contributed by atoms with van der Waals surface area (Å²) in [6.45, 7) is 7.06. The Labute approximate surface area is 128 Å². The van der Waals surface area contributed by atoms with E-state index in [0.717, 1.165) is 23.6 Å². The van der Waals surface area contributed by atoms with Gasteiger partial charge >= 0.3 is 0 Å². The smallest absolute Gasteiger partial charge is 0.244 e. The number of aldehydes is 1. The van der Waals surface area contributed by atoms with Crippen molar-refractivity contribution in [3.05, 3.63) is 17.3 Å². The van der Waals surface area contributed by atoms with Crippen molar-refractivity contribution in [3.63, 3.8) is 0 Å². The Morgan fingerprint density at radius 2 is 2.29 bits per heavy atom. The van der Waals surface area contributed by atoms with Gasteiger partial charge in [-0.3, -0.25) is 9.20 Å². The first-order valence-corrected chi connectivity index (χ1v) is 8.43. The van der Waals surface area contributed by atoms with Crippen molar-refractivity contribution < 1.29 is 9.53 Å². The van der Waals surface area contributed by atoms with Crippen LogP contribution in [-0.4, -0.2) is 21.8 Å². The number of carbonyl (C=O) groups is 1. The van der Waals surface area contributed by atoms with Crippen LogP contribution in [0.5, 0.6) is 5.88 Å². The average Bonchev–Trinajstić information content (AvgIpc) is 3.09. The Hall–Kier alpha value is -1.36. The van der Waals surface area contributed by atoms with Gasteiger partial charge in [0.25, 0.3) is 0 Å². The van der Waals surface area contributed by atoms with Gasteiger partial charge in [0, 0.05) is 17.0 Å². The third-order valence-corrected chi connectivity index (χ3v) is 7.10. The van der Waals surface area contributed by atoms with E-state index in [9.17, 15) is 4.79 Å². The van der Waals surface area contributed by atoms with Crippen LogP contribution in [0.4, 0.5) is 0 Å². The lowest BCUT2D eigenvalue weighted by Crippen LogP contribution is -2.39. The molecule has 0 N–H and O–H groups in total. The Morgan fingerprint density at radius 3 is 2.90 bits per heavy atom. The highest BCUT2D eigenvalue weighted by molar-refractivity contribution is 7.15. The number of hydrogen-bond acceptors (Lipinski definition) is 4. The summed E-state index contributed by atoms with van der Waals surface area (Å²) in [6, 6.07) is 0. The lowest BCUT2D eigenvalue weighted by molar-refractivity contribution is 0.0272. The van der Waals surface area contributed by atoms with Gasteiger partial charge in [-0.2, -0.15) is 4.98 Å². The van der Waals surface area contributed by atoms with E-state index < -0.39 is 0 Å². The molecule has 0 aromatic carbocycles. The Kier molecular flexibility index (Phi) is 2.60. The fourth-order valence-electron chi connectivity index (χ4n) is 4.42. The zero-order valence-electron chi connectivity index (χ0n) is 12.6. The lowest BCUT2D eigenvalue weighted by atomic mass is 9.70. The van der Waals surface area contributed by atoms with Crippen LogP contribution >= 0.6 is 11.3 Å². The first-order valence-electron chi connectivity index (χ1n) is 7.55. The van der Waals surface area contributed by atoms with Crippen LogP contribution in [0.3, 0.4) is 0 Å². The number of rotatable bonds is 3. The Morgan fingerprint density at radius 1 is 1.48 bits per heavy atom. The van der Waals surface area contributed by atoms with Gasteiger partial charge in [0.15, 0.2) is 16.9 Å². The lowest BCUT2D eigenvalue weighted by Gasteiger charge is -2.38. The van der Waals surface area contributed by atoms with Crippen molar-refractivity contribution in [2.24, 2.45) is 16.7 Å². The number of imidazole rings is 1. The maximum absolute atomic E-state index is 11.4. The molecule has 2 aliphatic rings. The van der Waals surface area contributed by atoms with Crippen molar-refractivity contribution in [1.82, 2.24) is 9.38 Å². The number of fused-ring (bicyclic) bond motifs is 3. The van der Waals surface area contributed by atoms with Gasteiger partial charge in [-0.05, 0) is 30.6 Å². The normalized spacial score (nSPS) is 33.7.